The van der Waals surface area contributed by atoms with E-state index >= 15 is 0 Å². The molecule has 1 aliphatic heterocycles. The van der Waals surface area contributed by atoms with Crippen LogP contribution in [0.3, 0.4) is 0 Å². The Balaban J connectivity index is 1.53. The molecule has 1 fully saturated rings. The largest absolute Gasteiger partial charge is 0.459 e. The van der Waals surface area contributed by atoms with Gasteiger partial charge in [-0.25, -0.2) is 0 Å². The van der Waals surface area contributed by atoms with Gasteiger partial charge in [-0.1, -0.05) is 30.3 Å². The second-order valence-corrected chi connectivity index (χ2v) is 6.21. The maximum Gasteiger partial charge on any atom is 0.287 e. The second kappa shape index (κ2) is 8.13. The third-order valence-corrected chi connectivity index (χ3v) is 4.24. The Labute approximate surface area is 142 Å². The molecule has 128 valence electrons. The summed E-state index contributed by atoms with van der Waals surface area (Å²) in [6.45, 7) is 5.81. The Hall–Kier alpha value is -2.11. The lowest BCUT2D eigenvalue weighted by atomic mass is 10.2. The first kappa shape index (κ1) is 16.7. The van der Waals surface area contributed by atoms with Gasteiger partial charge in [0.25, 0.3) is 5.91 Å². The van der Waals surface area contributed by atoms with Gasteiger partial charge in [0.2, 0.25) is 0 Å². The van der Waals surface area contributed by atoms with Crippen LogP contribution in [-0.4, -0.2) is 43.2 Å². The maximum absolute atomic E-state index is 12.2. The number of benzene rings is 1. The van der Waals surface area contributed by atoms with E-state index in [-0.39, 0.29) is 12.0 Å². The lowest BCUT2D eigenvalue weighted by Crippen LogP contribution is -2.40. The zero-order valence-electron chi connectivity index (χ0n) is 14.0. The van der Waals surface area contributed by atoms with Gasteiger partial charge < -0.3 is 14.5 Å². The normalized spacial score (nSPS) is 19.0. The van der Waals surface area contributed by atoms with E-state index in [1.54, 1.807) is 6.07 Å². The fourth-order valence-corrected chi connectivity index (χ4v) is 2.97. The highest BCUT2D eigenvalue weighted by atomic mass is 16.5. The van der Waals surface area contributed by atoms with E-state index in [0.29, 0.717) is 12.3 Å². The summed E-state index contributed by atoms with van der Waals surface area (Å²) in [5.74, 6) is 0.199. The standard InChI is InChI=1S/C19H24N2O3/c1-15-8-11-24-18(15)19(22)20-12-17-14-21(9-5-10-23-17)13-16-6-3-2-4-7-16/h2-4,6-8,11,17H,5,9-10,12-14H2,1H3,(H,20,22)/t17-/m1/s1. The molecule has 0 unspecified atom stereocenters. The Morgan fingerprint density at radius 1 is 1.29 bits per heavy atom. The van der Waals surface area contributed by atoms with E-state index in [1.807, 2.05) is 13.0 Å². The van der Waals surface area contributed by atoms with Crippen molar-refractivity contribution in [3.8, 4) is 0 Å². The highest BCUT2D eigenvalue weighted by Gasteiger charge is 2.21. The zero-order chi connectivity index (χ0) is 16.8. The number of carbonyl (C=O) groups excluding carboxylic acids is 1. The molecule has 5 heteroatoms. The SMILES string of the molecule is Cc1ccoc1C(=O)NC[C@@H]1CN(Cc2ccccc2)CCCO1. The molecule has 24 heavy (non-hydrogen) atoms. The first-order valence-electron chi connectivity index (χ1n) is 8.42. The molecule has 0 saturated carbocycles. The van der Waals surface area contributed by atoms with Crippen LogP contribution in [0.25, 0.3) is 0 Å². The number of aryl methyl sites for hydroxylation is 1. The van der Waals surface area contributed by atoms with Crippen molar-refractivity contribution >= 4 is 5.91 Å². The number of hydrogen-bond donors (Lipinski definition) is 1. The average Bonchev–Trinajstić information content (AvgIpc) is 2.89. The minimum atomic E-state index is -0.181. The Kier molecular flexibility index (Phi) is 5.67. The first-order valence-corrected chi connectivity index (χ1v) is 8.42. The van der Waals surface area contributed by atoms with E-state index in [9.17, 15) is 4.79 Å². The molecule has 5 nitrogen and oxygen atoms in total. The molecule has 1 N–H and O–H groups in total. The van der Waals surface area contributed by atoms with Gasteiger partial charge in [-0.2, -0.15) is 0 Å². The molecule has 1 saturated heterocycles. The molecule has 1 aromatic heterocycles. The fourth-order valence-electron chi connectivity index (χ4n) is 2.97. The summed E-state index contributed by atoms with van der Waals surface area (Å²) in [7, 11) is 0. The predicted molar refractivity (Wildman–Crippen MR) is 91.9 cm³/mol. The number of carbonyl (C=O) groups is 1. The van der Waals surface area contributed by atoms with Gasteiger partial charge in [-0.05, 0) is 25.0 Å². The lowest BCUT2D eigenvalue weighted by molar-refractivity contribution is 0.0505. The van der Waals surface area contributed by atoms with Crippen LogP contribution in [0.5, 0.6) is 0 Å². The molecular weight excluding hydrogens is 304 g/mol. The maximum atomic E-state index is 12.2. The lowest BCUT2D eigenvalue weighted by Gasteiger charge is -2.24. The number of furan rings is 1. The van der Waals surface area contributed by atoms with Crippen LogP contribution in [0.4, 0.5) is 0 Å². The molecule has 3 rings (SSSR count). The fraction of sp³-hybridized carbons (Fsp3) is 0.421. The van der Waals surface area contributed by atoms with Crippen LogP contribution in [0, 0.1) is 6.92 Å². The summed E-state index contributed by atoms with van der Waals surface area (Å²) in [5, 5.41) is 2.92. The Morgan fingerprint density at radius 3 is 2.88 bits per heavy atom. The molecule has 0 aliphatic carbocycles. The topological polar surface area (TPSA) is 54.7 Å². The minimum Gasteiger partial charge on any atom is -0.459 e. The van der Waals surface area contributed by atoms with Crippen LogP contribution in [0.2, 0.25) is 0 Å². The number of nitrogens with zero attached hydrogens (tertiary/aromatic N) is 1. The number of nitrogens with one attached hydrogen (secondary N) is 1. The minimum absolute atomic E-state index is 0.00423. The number of rotatable bonds is 5. The van der Waals surface area contributed by atoms with Crippen LogP contribution in [0.15, 0.2) is 47.1 Å². The predicted octanol–water partition coefficient (Wildman–Crippen LogP) is 2.61. The summed E-state index contributed by atoms with van der Waals surface area (Å²) < 4.78 is 11.1. The molecule has 1 aromatic carbocycles. The van der Waals surface area contributed by atoms with Gasteiger partial charge in [-0.15, -0.1) is 0 Å². The molecule has 1 amide bonds. The first-order chi connectivity index (χ1) is 11.7. The van der Waals surface area contributed by atoms with Crippen molar-refractivity contribution in [1.82, 2.24) is 10.2 Å². The van der Waals surface area contributed by atoms with E-state index in [0.717, 1.165) is 38.2 Å². The Bertz CT molecular complexity index is 654. The van der Waals surface area contributed by atoms with Crippen LogP contribution < -0.4 is 5.32 Å². The van der Waals surface area contributed by atoms with Crippen molar-refractivity contribution in [2.75, 3.05) is 26.2 Å². The zero-order valence-corrected chi connectivity index (χ0v) is 14.0. The number of hydrogen-bond acceptors (Lipinski definition) is 4. The van der Waals surface area contributed by atoms with Gasteiger partial charge in [-0.3, -0.25) is 9.69 Å². The van der Waals surface area contributed by atoms with Crippen molar-refractivity contribution in [2.24, 2.45) is 0 Å². The summed E-state index contributed by atoms with van der Waals surface area (Å²) >= 11 is 0. The van der Waals surface area contributed by atoms with Crippen molar-refractivity contribution < 1.29 is 13.9 Å². The third kappa shape index (κ3) is 4.46. The van der Waals surface area contributed by atoms with Gasteiger partial charge in [0.1, 0.15) is 0 Å². The van der Waals surface area contributed by atoms with Crippen molar-refractivity contribution in [3.05, 3.63) is 59.5 Å². The van der Waals surface area contributed by atoms with Crippen molar-refractivity contribution in [2.45, 2.75) is 26.0 Å². The van der Waals surface area contributed by atoms with Gasteiger partial charge in [0.05, 0.1) is 12.4 Å². The second-order valence-electron chi connectivity index (χ2n) is 6.21. The highest BCUT2D eigenvalue weighted by Crippen LogP contribution is 2.12. The molecule has 1 atom stereocenters. The van der Waals surface area contributed by atoms with Crippen LogP contribution in [-0.2, 0) is 11.3 Å². The van der Waals surface area contributed by atoms with Gasteiger partial charge in [0.15, 0.2) is 5.76 Å². The molecule has 0 spiro atoms. The quantitative estimate of drug-likeness (QED) is 0.917. The monoisotopic (exact) mass is 328 g/mol. The third-order valence-electron chi connectivity index (χ3n) is 4.24. The van der Waals surface area contributed by atoms with Crippen molar-refractivity contribution in [1.29, 1.82) is 0 Å². The van der Waals surface area contributed by atoms with E-state index < -0.39 is 0 Å². The van der Waals surface area contributed by atoms with Crippen LogP contribution >= 0.6 is 0 Å². The van der Waals surface area contributed by atoms with E-state index in [2.05, 4.69) is 34.5 Å². The molecule has 2 aromatic rings. The summed E-state index contributed by atoms with van der Waals surface area (Å²) in [6.07, 6.45) is 2.54. The van der Waals surface area contributed by atoms with E-state index in [1.165, 1.54) is 11.8 Å². The Morgan fingerprint density at radius 2 is 2.12 bits per heavy atom. The summed E-state index contributed by atoms with van der Waals surface area (Å²) in [6, 6.07) is 12.2. The summed E-state index contributed by atoms with van der Waals surface area (Å²) in [5.41, 5.74) is 2.15. The summed E-state index contributed by atoms with van der Waals surface area (Å²) in [4.78, 5) is 14.5. The molecular formula is C19H24N2O3. The highest BCUT2D eigenvalue weighted by molar-refractivity contribution is 5.92. The molecule has 0 bridgehead atoms. The van der Waals surface area contributed by atoms with E-state index in [4.69, 9.17) is 9.15 Å². The van der Waals surface area contributed by atoms with Crippen LogP contribution in [0.1, 0.15) is 28.1 Å². The number of ether oxygens (including phenoxy) is 1. The van der Waals surface area contributed by atoms with Crippen molar-refractivity contribution in [3.63, 3.8) is 0 Å². The molecule has 0 radical (unpaired) electrons. The smallest absolute Gasteiger partial charge is 0.287 e. The average molecular weight is 328 g/mol. The molecule has 1 aliphatic rings. The number of amides is 1. The van der Waals surface area contributed by atoms with Gasteiger partial charge in [0, 0.05) is 38.3 Å². The molecule has 2 heterocycles. The van der Waals surface area contributed by atoms with Gasteiger partial charge >= 0.3 is 0 Å².